The number of nitrogens with zero attached hydrogens (tertiary/aromatic N) is 6. The van der Waals surface area contributed by atoms with Crippen molar-refractivity contribution in [1.29, 1.82) is 0 Å². The second kappa shape index (κ2) is 9.60. The number of H-pyrrole nitrogens is 1. The maximum absolute atomic E-state index is 13.0. The molecule has 1 amide bonds. The van der Waals surface area contributed by atoms with Crippen LogP contribution in [0.4, 0.5) is 0 Å². The van der Waals surface area contributed by atoms with E-state index in [4.69, 9.17) is 9.90 Å². The number of hydrogen-bond donors (Lipinski definition) is 2. The third-order valence-corrected chi connectivity index (χ3v) is 6.03. The summed E-state index contributed by atoms with van der Waals surface area (Å²) < 4.78 is 2.04. The van der Waals surface area contributed by atoms with E-state index in [9.17, 15) is 4.79 Å². The van der Waals surface area contributed by atoms with Crippen LogP contribution in [0.3, 0.4) is 0 Å². The Morgan fingerprint density at radius 3 is 2.58 bits per heavy atom. The van der Waals surface area contributed by atoms with Crippen molar-refractivity contribution in [3.8, 4) is 11.4 Å². The summed E-state index contributed by atoms with van der Waals surface area (Å²) in [6.07, 6.45) is 8.70. The molecule has 0 unspecified atom stereocenters. The molecular formula is C23H25N7O3. The normalized spacial score (nSPS) is 14.1. The lowest BCUT2D eigenvalue weighted by atomic mass is 9.91. The molecule has 1 fully saturated rings. The summed E-state index contributed by atoms with van der Waals surface area (Å²) >= 11 is 0. The lowest BCUT2D eigenvalue weighted by Crippen LogP contribution is -2.38. The van der Waals surface area contributed by atoms with Gasteiger partial charge in [0.2, 0.25) is 0 Å². The van der Waals surface area contributed by atoms with Gasteiger partial charge in [0.15, 0.2) is 0 Å². The molecule has 1 aromatic carbocycles. The number of likely N-dealkylation sites (tertiary alicyclic amines) is 1. The quantitative estimate of drug-likeness (QED) is 0.462. The van der Waals surface area contributed by atoms with Gasteiger partial charge in [0.05, 0.1) is 34.9 Å². The average Bonchev–Trinajstić information content (AvgIpc) is 3.45. The Morgan fingerprint density at radius 1 is 1.15 bits per heavy atom. The molecule has 10 nitrogen and oxygen atoms in total. The molecule has 1 aliphatic rings. The number of benzene rings is 1. The second-order valence-corrected chi connectivity index (χ2v) is 7.85. The monoisotopic (exact) mass is 447 g/mol. The molecule has 2 N–H and O–H groups in total. The fourth-order valence-electron chi connectivity index (χ4n) is 4.17. The minimum absolute atomic E-state index is 0.0616. The molecule has 0 saturated carbocycles. The molecular weight excluding hydrogens is 422 g/mol. The number of fused-ring (bicyclic) bond motifs is 1. The van der Waals surface area contributed by atoms with Gasteiger partial charge in [0.25, 0.3) is 12.4 Å². The molecule has 170 valence electrons. The second-order valence-electron chi connectivity index (χ2n) is 7.85. The van der Waals surface area contributed by atoms with Crippen molar-refractivity contribution < 1.29 is 14.7 Å². The van der Waals surface area contributed by atoms with Crippen LogP contribution in [0.25, 0.3) is 22.4 Å². The molecule has 3 aromatic heterocycles. The summed E-state index contributed by atoms with van der Waals surface area (Å²) in [6.45, 7) is 3.13. The summed E-state index contributed by atoms with van der Waals surface area (Å²) in [4.78, 5) is 44.3. The fraction of sp³-hybridized carbons (Fsp3) is 0.304. The van der Waals surface area contributed by atoms with Crippen LogP contribution >= 0.6 is 0 Å². The van der Waals surface area contributed by atoms with Gasteiger partial charge in [0, 0.05) is 44.0 Å². The Morgan fingerprint density at radius 2 is 1.88 bits per heavy atom. The zero-order valence-corrected chi connectivity index (χ0v) is 18.5. The Kier molecular flexibility index (Phi) is 6.43. The Balaban J connectivity index is 0.000000821. The third-order valence-electron chi connectivity index (χ3n) is 6.03. The van der Waals surface area contributed by atoms with Crippen molar-refractivity contribution in [3.63, 3.8) is 0 Å². The van der Waals surface area contributed by atoms with E-state index in [2.05, 4.69) is 24.9 Å². The first kappa shape index (κ1) is 22.1. The number of amides is 1. The van der Waals surface area contributed by atoms with Gasteiger partial charge < -0.3 is 19.6 Å². The van der Waals surface area contributed by atoms with Crippen molar-refractivity contribution in [2.75, 3.05) is 13.1 Å². The van der Waals surface area contributed by atoms with Crippen LogP contribution < -0.4 is 0 Å². The average molecular weight is 447 g/mol. The first-order chi connectivity index (χ1) is 16.0. The molecule has 1 aliphatic heterocycles. The predicted molar refractivity (Wildman–Crippen MR) is 122 cm³/mol. The summed E-state index contributed by atoms with van der Waals surface area (Å²) in [7, 11) is 1.99. The van der Waals surface area contributed by atoms with Gasteiger partial charge >= 0.3 is 0 Å². The zero-order chi connectivity index (χ0) is 23.4. The number of piperidine rings is 1. The summed E-state index contributed by atoms with van der Waals surface area (Å²) in [5.41, 5.74) is 5.29. The number of aromatic nitrogens is 6. The molecule has 4 aromatic rings. The van der Waals surface area contributed by atoms with Crippen LogP contribution in [0.5, 0.6) is 0 Å². The Labute approximate surface area is 190 Å². The largest absolute Gasteiger partial charge is 0.483 e. The molecule has 5 rings (SSSR count). The van der Waals surface area contributed by atoms with Gasteiger partial charge in [-0.3, -0.25) is 19.6 Å². The van der Waals surface area contributed by atoms with E-state index >= 15 is 0 Å². The van der Waals surface area contributed by atoms with E-state index < -0.39 is 0 Å². The summed E-state index contributed by atoms with van der Waals surface area (Å²) in [5.74, 6) is 1.27. The number of imidazole rings is 2. The number of carboxylic acid groups (broad SMARTS) is 1. The Bertz CT molecular complexity index is 1270. The minimum Gasteiger partial charge on any atom is -0.483 e. The van der Waals surface area contributed by atoms with Gasteiger partial charge in [-0.25, -0.2) is 9.97 Å². The van der Waals surface area contributed by atoms with Crippen LogP contribution in [-0.4, -0.2) is 65.0 Å². The molecule has 0 radical (unpaired) electrons. The molecule has 1 saturated heterocycles. The van der Waals surface area contributed by atoms with Gasteiger partial charge in [-0.15, -0.1) is 0 Å². The number of rotatable bonds is 3. The van der Waals surface area contributed by atoms with Crippen LogP contribution in [0, 0.1) is 6.92 Å². The maximum atomic E-state index is 13.0. The van der Waals surface area contributed by atoms with Gasteiger partial charge in [-0.1, -0.05) is 0 Å². The van der Waals surface area contributed by atoms with Crippen molar-refractivity contribution in [2.24, 2.45) is 7.05 Å². The molecule has 0 spiro atoms. The fourth-order valence-corrected chi connectivity index (χ4v) is 4.17. The van der Waals surface area contributed by atoms with Crippen molar-refractivity contribution in [2.45, 2.75) is 25.7 Å². The topological polar surface area (TPSA) is 130 Å². The van der Waals surface area contributed by atoms with E-state index in [1.165, 1.54) is 0 Å². The van der Waals surface area contributed by atoms with Crippen LogP contribution in [0.15, 0.2) is 43.1 Å². The number of carbonyl (C=O) groups excluding carboxylic acids is 1. The van der Waals surface area contributed by atoms with E-state index in [1.54, 1.807) is 18.7 Å². The van der Waals surface area contributed by atoms with Gasteiger partial charge in [-0.05, 0) is 38.0 Å². The van der Waals surface area contributed by atoms with Crippen LogP contribution in [0.1, 0.15) is 40.6 Å². The molecule has 10 heteroatoms. The van der Waals surface area contributed by atoms with Crippen molar-refractivity contribution in [3.05, 3.63) is 60.2 Å². The highest BCUT2D eigenvalue weighted by Crippen LogP contribution is 2.33. The number of aryl methyl sites for hydroxylation is 1. The SMILES string of the molecule is Cc1ncc(-c2nccnc2C2CCN(C(=O)c3ccc4nc[nH]c4c3)CC2)n1C.O=CO. The number of aromatic amines is 1. The zero-order valence-electron chi connectivity index (χ0n) is 18.5. The molecule has 0 atom stereocenters. The first-order valence-electron chi connectivity index (χ1n) is 10.6. The number of nitrogens with one attached hydrogen (secondary N) is 1. The highest BCUT2D eigenvalue weighted by Gasteiger charge is 2.28. The summed E-state index contributed by atoms with van der Waals surface area (Å²) in [5, 5.41) is 6.89. The Hall–Kier alpha value is -4.08. The maximum Gasteiger partial charge on any atom is 0.290 e. The van der Waals surface area contributed by atoms with Gasteiger partial charge in [-0.2, -0.15) is 0 Å². The van der Waals surface area contributed by atoms with Crippen LogP contribution in [0.2, 0.25) is 0 Å². The van der Waals surface area contributed by atoms with E-state index in [1.807, 2.05) is 47.8 Å². The van der Waals surface area contributed by atoms with Gasteiger partial charge in [0.1, 0.15) is 11.5 Å². The van der Waals surface area contributed by atoms with E-state index in [0.717, 1.165) is 46.8 Å². The van der Waals surface area contributed by atoms with Crippen LogP contribution in [-0.2, 0) is 11.8 Å². The summed E-state index contributed by atoms with van der Waals surface area (Å²) in [6, 6.07) is 5.61. The number of hydrogen-bond acceptors (Lipinski definition) is 6. The third kappa shape index (κ3) is 4.45. The van der Waals surface area contributed by atoms with Crippen molar-refractivity contribution >= 4 is 23.4 Å². The standard InChI is InChI=1S/C22H23N7O.CH2O2/c1-14-25-12-19(28(14)2)21-20(23-7-8-24-21)15-5-9-29(10-6-15)22(30)16-3-4-17-18(11-16)27-13-26-17;2-1-3/h3-4,7-8,11-13,15H,5-6,9-10H2,1-2H3,(H,26,27);1H,(H,2,3). The van der Waals surface area contributed by atoms with Crippen molar-refractivity contribution in [1.82, 2.24) is 34.4 Å². The lowest BCUT2D eigenvalue weighted by molar-refractivity contribution is -0.122. The number of carbonyl (C=O) groups is 2. The smallest absolute Gasteiger partial charge is 0.290 e. The van der Waals surface area contributed by atoms with E-state index in [-0.39, 0.29) is 18.3 Å². The lowest BCUT2D eigenvalue weighted by Gasteiger charge is -2.32. The molecule has 0 aliphatic carbocycles. The van der Waals surface area contributed by atoms with E-state index in [0.29, 0.717) is 18.7 Å². The molecule has 33 heavy (non-hydrogen) atoms. The highest BCUT2D eigenvalue weighted by atomic mass is 16.3. The predicted octanol–water partition coefficient (Wildman–Crippen LogP) is 2.78. The molecule has 4 heterocycles. The highest BCUT2D eigenvalue weighted by molar-refractivity contribution is 5.97. The minimum atomic E-state index is -0.250. The first-order valence-corrected chi connectivity index (χ1v) is 10.6. The molecule has 0 bridgehead atoms.